The van der Waals surface area contributed by atoms with E-state index < -0.39 is 23.9 Å². The highest BCUT2D eigenvalue weighted by Gasteiger charge is 2.20. The van der Waals surface area contributed by atoms with E-state index in [0.717, 1.165) is 11.6 Å². The van der Waals surface area contributed by atoms with Gasteiger partial charge >= 0.3 is 5.97 Å². The van der Waals surface area contributed by atoms with Crippen molar-refractivity contribution in [3.05, 3.63) is 66.4 Å². The third-order valence-corrected chi connectivity index (χ3v) is 9.85. The number of hydrogen-bond donors (Lipinski definition) is 0. The Hall–Kier alpha value is -3.54. The number of esters is 1. The van der Waals surface area contributed by atoms with Gasteiger partial charge in [0.2, 0.25) is 0 Å². The predicted molar refractivity (Wildman–Crippen MR) is 157 cm³/mol. The molecule has 0 aliphatic rings. The molecule has 0 aliphatic heterocycles. The third-order valence-electron chi connectivity index (χ3n) is 6.39. The van der Waals surface area contributed by atoms with Crippen molar-refractivity contribution in [1.29, 1.82) is 0 Å². The Morgan fingerprint density at radius 2 is 1.80 bits per heavy atom. The predicted octanol–water partition coefficient (Wildman–Crippen LogP) is 5.71. The normalized spacial score (nSPS) is 12.0. The minimum atomic E-state index is -3.34. The van der Waals surface area contributed by atoms with Gasteiger partial charge in [-0.05, 0) is 48.5 Å². The standard InChI is InChI=1S/C29H35N3O6SSi/c1-6-39(34,35)23-12-10-22(11-13-23)38-27-19-26-25(17-21(27)18-28(33)36-2)31-29(24-9-7-8-14-30-24)32(26)20-37-15-16-40(3,4)5/h7-14,17,19H,6,15-16,18,20H2,1-5H3. The summed E-state index contributed by atoms with van der Waals surface area (Å²) in [5, 5.41) is 0. The lowest BCUT2D eigenvalue weighted by molar-refractivity contribution is -0.139. The number of benzene rings is 2. The molecule has 2 aromatic heterocycles. The minimum absolute atomic E-state index is 0.00968. The lowest BCUT2D eigenvalue weighted by Crippen LogP contribution is -2.22. The molecule has 2 aromatic carbocycles. The van der Waals surface area contributed by atoms with E-state index in [2.05, 4.69) is 24.6 Å². The average molecular weight is 582 g/mol. The fourth-order valence-electron chi connectivity index (χ4n) is 4.02. The van der Waals surface area contributed by atoms with Crippen molar-refractivity contribution < 1.29 is 27.4 Å². The number of carbonyl (C=O) groups is 1. The average Bonchev–Trinajstić information content (AvgIpc) is 3.28. The van der Waals surface area contributed by atoms with Crippen LogP contribution in [0.15, 0.2) is 65.7 Å². The lowest BCUT2D eigenvalue weighted by Gasteiger charge is -2.17. The second-order valence-corrected chi connectivity index (χ2v) is 18.5. The van der Waals surface area contributed by atoms with E-state index in [1.807, 2.05) is 34.9 Å². The molecule has 40 heavy (non-hydrogen) atoms. The molecule has 212 valence electrons. The molecule has 0 N–H and O–H groups in total. The van der Waals surface area contributed by atoms with E-state index >= 15 is 0 Å². The molecule has 0 saturated heterocycles. The van der Waals surface area contributed by atoms with Crippen molar-refractivity contribution in [2.45, 2.75) is 50.7 Å². The molecule has 0 radical (unpaired) electrons. The summed E-state index contributed by atoms with van der Waals surface area (Å²) in [7, 11) is -3.28. The largest absolute Gasteiger partial charge is 0.469 e. The number of aromatic nitrogens is 3. The van der Waals surface area contributed by atoms with Crippen LogP contribution in [-0.4, -0.2) is 56.5 Å². The molecular formula is C29H35N3O6SSi. The summed E-state index contributed by atoms with van der Waals surface area (Å²) >= 11 is 0. The second-order valence-electron chi connectivity index (χ2n) is 10.6. The number of pyridine rings is 1. The zero-order valence-electron chi connectivity index (χ0n) is 23.5. The van der Waals surface area contributed by atoms with Gasteiger partial charge in [-0.1, -0.05) is 32.6 Å². The maximum absolute atomic E-state index is 12.3. The Morgan fingerprint density at radius 1 is 1.05 bits per heavy atom. The molecule has 0 amide bonds. The van der Waals surface area contributed by atoms with Gasteiger partial charge in [0.15, 0.2) is 15.7 Å². The number of rotatable bonds is 12. The van der Waals surface area contributed by atoms with E-state index in [0.29, 0.717) is 40.7 Å². The number of hydrogen-bond acceptors (Lipinski definition) is 8. The van der Waals surface area contributed by atoms with Crippen LogP contribution in [0, 0.1) is 0 Å². The van der Waals surface area contributed by atoms with Crippen LogP contribution in [0.5, 0.6) is 11.5 Å². The van der Waals surface area contributed by atoms with Gasteiger partial charge in [0.25, 0.3) is 0 Å². The molecule has 0 atom stereocenters. The first kappa shape index (κ1) is 29.4. The highest BCUT2D eigenvalue weighted by Crippen LogP contribution is 2.33. The molecule has 4 aromatic rings. The molecule has 9 nitrogen and oxygen atoms in total. The second kappa shape index (κ2) is 12.3. The van der Waals surface area contributed by atoms with E-state index in [4.69, 9.17) is 19.2 Å². The monoisotopic (exact) mass is 581 g/mol. The summed E-state index contributed by atoms with van der Waals surface area (Å²) < 4.78 is 43.6. The molecule has 4 rings (SSSR count). The van der Waals surface area contributed by atoms with Gasteiger partial charge in [-0.3, -0.25) is 14.3 Å². The van der Waals surface area contributed by atoms with Crippen molar-refractivity contribution in [1.82, 2.24) is 14.5 Å². The summed E-state index contributed by atoms with van der Waals surface area (Å²) in [6, 6.07) is 16.5. The topological polar surface area (TPSA) is 110 Å². The highest BCUT2D eigenvalue weighted by molar-refractivity contribution is 7.91. The smallest absolute Gasteiger partial charge is 0.310 e. The minimum Gasteiger partial charge on any atom is -0.469 e. The molecule has 0 spiro atoms. The maximum Gasteiger partial charge on any atom is 0.310 e. The molecule has 2 heterocycles. The van der Waals surface area contributed by atoms with Gasteiger partial charge in [-0.25, -0.2) is 13.4 Å². The lowest BCUT2D eigenvalue weighted by atomic mass is 10.1. The first-order valence-corrected chi connectivity index (χ1v) is 18.5. The third kappa shape index (κ3) is 7.15. The quantitative estimate of drug-likeness (QED) is 0.119. The summed E-state index contributed by atoms with van der Waals surface area (Å²) in [6.07, 6.45) is 1.69. The van der Waals surface area contributed by atoms with Gasteiger partial charge in [0.05, 0.1) is 35.2 Å². The van der Waals surface area contributed by atoms with Gasteiger partial charge in [-0.15, -0.1) is 0 Å². The van der Waals surface area contributed by atoms with Crippen LogP contribution in [0.4, 0.5) is 0 Å². The number of fused-ring (bicyclic) bond motifs is 1. The van der Waals surface area contributed by atoms with Gasteiger partial charge in [0.1, 0.15) is 23.9 Å². The van der Waals surface area contributed by atoms with Crippen LogP contribution in [0.25, 0.3) is 22.6 Å². The van der Waals surface area contributed by atoms with Crippen molar-refractivity contribution in [3.8, 4) is 23.0 Å². The van der Waals surface area contributed by atoms with Crippen molar-refractivity contribution >= 4 is 34.9 Å². The molecule has 0 fully saturated rings. The van der Waals surface area contributed by atoms with Crippen LogP contribution in [0.1, 0.15) is 12.5 Å². The van der Waals surface area contributed by atoms with E-state index in [9.17, 15) is 13.2 Å². The number of ether oxygens (including phenoxy) is 3. The fourth-order valence-corrected chi connectivity index (χ4v) is 5.66. The van der Waals surface area contributed by atoms with E-state index in [-0.39, 0.29) is 23.8 Å². The van der Waals surface area contributed by atoms with Crippen LogP contribution in [0.3, 0.4) is 0 Å². The first-order chi connectivity index (χ1) is 19.0. The summed E-state index contributed by atoms with van der Waals surface area (Å²) in [5.41, 5.74) is 2.69. The van der Waals surface area contributed by atoms with Crippen LogP contribution in [-0.2, 0) is 37.3 Å². The van der Waals surface area contributed by atoms with E-state index in [1.54, 1.807) is 25.3 Å². The maximum atomic E-state index is 12.3. The zero-order chi connectivity index (χ0) is 28.9. The van der Waals surface area contributed by atoms with Gasteiger partial charge in [-0.2, -0.15) is 0 Å². The summed E-state index contributed by atoms with van der Waals surface area (Å²) in [5.74, 6) is 1.09. The van der Waals surface area contributed by atoms with Gasteiger partial charge < -0.3 is 14.2 Å². The number of carbonyl (C=O) groups excluding carboxylic acids is 1. The number of imidazole rings is 1. The fraction of sp³-hybridized carbons (Fsp3) is 0.345. The van der Waals surface area contributed by atoms with Crippen LogP contribution in [0.2, 0.25) is 25.7 Å². The zero-order valence-corrected chi connectivity index (χ0v) is 25.3. The Morgan fingerprint density at radius 3 is 2.42 bits per heavy atom. The van der Waals surface area contributed by atoms with Crippen molar-refractivity contribution in [2.75, 3.05) is 19.5 Å². The van der Waals surface area contributed by atoms with Crippen molar-refractivity contribution in [2.24, 2.45) is 0 Å². The molecule has 0 aliphatic carbocycles. The van der Waals surface area contributed by atoms with Crippen LogP contribution >= 0.6 is 0 Å². The summed E-state index contributed by atoms with van der Waals surface area (Å²) in [4.78, 5) is 21.8. The molecule has 0 unspecified atom stereocenters. The Balaban J connectivity index is 1.77. The number of methoxy groups -OCH3 is 1. The number of sulfone groups is 1. The summed E-state index contributed by atoms with van der Waals surface area (Å²) in [6.45, 7) is 9.42. The first-order valence-electron chi connectivity index (χ1n) is 13.1. The number of nitrogens with zero attached hydrogens (tertiary/aromatic N) is 3. The molecule has 11 heteroatoms. The van der Waals surface area contributed by atoms with Crippen molar-refractivity contribution in [3.63, 3.8) is 0 Å². The molecular weight excluding hydrogens is 546 g/mol. The molecule has 0 bridgehead atoms. The SMILES string of the molecule is CCS(=O)(=O)c1ccc(Oc2cc3c(cc2CC(=O)OC)nc(-c2ccccn2)n3COCC[Si](C)(C)C)cc1. The Kier molecular flexibility index (Phi) is 9.07. The van der Waals surface area contributed by atoms with E-state index in [1.165, 1.54) is 19.2 Å². The highest BCUT2D eigenvalue weighted by atomic mass is 32.2. The Bertz CT molecular complexity index is 1580. The van der Waals surface area contributed by atoms with Crippen LogP contribution < -0.4 is 4.74 Å². The Labute approximate surface area is 236 Å². The van der Waals surface area contributed by atoms with Gasteiger partial charge in [0, 0.05) is 32.5 Å². The molecule has 0 saturated carbocycles.